The summed E-state index contributed by atoms with van der Waals surface area (Å²) in [5.41, 5.74) is 1.87. The van der Waals surface area contributed by atoms with Crippen LogP contribution in [-0.2, 0) is 43.5 Å². The maximum Gasteiger partial charge on any atom is 0.416 e. The Balaban J connectivity index is 0.000000203. The minimum Gasteiger partial charge on any atom is -0.219 e. The van der Waals surface area contributed by atoms with Crippen LogP contribution in [0.4, 0.5) is 39.5 Å². The van der Waals surface area contributed by atoms with Crippen LogP contribution >= 0.6 is 40.3 Å². The van der Waals surface area contributed by atoms with E-state index in [1.807, 2.05) is 62.4 Å². The van der Waals surface area contributed by atoms with E-state index in [1.54, 1.807) is 24.3 Å². The molecule has 0 radical (unpaired) electrons. The number of halogens is 10. The summed E-state index contributed by atoms with van der Waals surface area (Å²) in [6.07, 6.45) is -13.2. The third-order valence-corrected chi connectivity index (χ3v) is 14.7. The van der Waals surface area contributed by atoms with Gasteiger partial charge in [-0.05, 0) is 148 Å². The molecule has 0 spiro atoms. The zero-order valence-corrected chi connectivity index (χ0v) is 40.4. The van der Waals surface area contributed by atoms with Gasteiger partial charge in [0.2, 0.25) is 19.7 Å². The molecule has 0 N–H and O–H groups in total. The second-order valence-electron chi connectivity index (χ2n) is 14.4. The average Bonchev–Trinajstić information content (AvgIpc) is 3.28. The van der Waals surface area contributed by atoms with E-state index >= 15 is 0 Å². The zero-order chi connectivity index (χ0) is 49.8. The van der Waals surface area contributed by atoms with Crippen LogP contribution in [0.25, 0.3) is 0 Å². The van der Waals surface area contributed by atoms with Gasteiger partial charge < -0.3 is 0 Å². The molecule has 0 aromatic heterocycles. The molecule has 7 rings (SSSR count). The minimum absolute atomic E-state index is 0.0481. The number of aryl methyl sites for hydroxylation is 3. The van der Waals surface area contributed by atoms with E-state index in [0.29, 0.717) is 5.33 Å². The molecule has 0 aliphatic rings. The van der Waals surface area contributed by atoms with E-state index in [-0.39, 0.29) is 19.6 Å². The fourth-order valence-corrected chi connectivity index (χ4v) is 9.25. The third-order valence-electron chi connectivity index (χ3n) is 9.18. The van der Waals surface area contributed by atoms with Gasteiger partial charge in [-0.3, -0.25) is 0 Å². The van der Waals surface area contributed by atoms with Crippen molar-refractivity contribution in [3.8, 4) is 0 Å². The first kappa shape index (κ1) is 54.6. The molecule has 67 heavy (non-hydrogen) atoms. The van der Waals surface area contributed by atoms with Gasteiger partial charge in [0.15, 0.2) is 0 Å². The van der Waals surface area contributed by atoms with Crippen molar-refractivity contribution in [1.29, 1.82) is 0 Å². The van der Waals surface area contributed by atoms with Crippen molar-refractivity contribution >= 4 is 60.0 Å². The molecule has 0 aliphatic carbocycles. The molecule has 0 unspecified atom stereocenters. The van der Waals surface area contributed by atoms with Gasteiger partial charge in [-0.15, -0.1) is 12.6 Å². The van der Waals surface area contributed by atoms with Crippen molar-refractivity contribution in [3.63, 3.8) is 0 Å². The number of thiol groups is 1. The van der Waals surface area contributed by atoms with Crippen LogP contribution in [0.5, 0.6) is 0 Å². The lowest BCUT2D eigenvalue weighted by Gasteiger charge is -2.09. The molecule has 18 heteroatoms. The fourth-order valence-electron chi connectivity index (χ4n) is 5.39. The number of sulfone groups is 2. The number of rotatable bonds is 7. The van der Waals surface area contributed by atoms with Gasteiger partial charge in [0.1, 0.15) is 0 Å². The molecule has 0 amide bonds. The van der Waals surface area contributed by atoms with E-state index < -0.39 is 54.9 Å². The monoisotopic (exact) mass is 1070 g/mol. The maximum atomic E-state index is 12.5. The second kappa shape index (κ2) is 23.3. The molecule has 7 aromatic carbocycles. The van der Waals surface area contributed by atoms with Crippen LogP contribution in [-0.4, -0.2) is 16.8 Å². The van der Waals surface area contributed by atoms with Crippen LogP contribution in [0.15, 0.2) is 204 Å². The SMILES string of the molecule is Cc1ccc(S(=O)(=O)c2ccc(C(F)(F)F)cc2)cc1.Cc1ccc(S)cc1.Cc1ccc(Sc2ccc(C(F)(F)F)cc2)cc1.O=S(=O)(c1ccc(CBr)cc1)c1ccc(C(F)(F)F)cc1. The minimum atomic E-state index is -4.49. The highest BCUT2D eigenvalue weighted by Crippen LogP contribution is 2.34. The van der Waals surface area contributed by atoms with Crippen molar-refractivity contribution in [1.82, 2.24) is 0 Å². The first-order valence-electron chi connectivity index (χ1n) is 19.4. The summed E-state index contributed by atoms with van der Waals surface area (Å²) in [6.45, 7) is 5.87. The Morgan fingerprint density at radius 3 is 0.925 bits per heavy atom. The third kappa shape index (κ3) is 16.6. The topological polar surface area (TPSA) is 68.3 Å². The summed E-state index contributed by atoms with van der Waals surface area (Å²) in [4.78, 5) is 2.62. The van der Waals surface area contributed by atoms with Crippen molar-refractivity contribution in [2.75, 3.05) is 0 Å². The molecule has 0 fully saturated rings. The van der Waals surface area contributed by atoms with Gasteiger partial charge in [-0.1, -0.05) is 92.9 Å². The van der Waals surface area contributed by atoms with Crippen LogP contribution in [0.3, 0.4) is 0 Å². The van der Waals surface area contributed by atoms with Crippen molar-refractivity contribution in [2.45, 2.75) is 78.9 Å². The number of hydrogen-bond acceptors (Lipinski definition) is 6. The lowest BCUT2D eigenvalue weighted by Crippen LogP contribution is -2.06. The Morgan fingerprint density at radius 2 is 0.642 bits per heavy atom. The standard InChI is InChI=1S/C14H10BrF3O2S.C14H11F3O2S.C14H11F3S.C7H8S/c15-9-10-1-5-12(6-2-10)21(19,20)13-7-3-11(4-8-13)14(16,17)18;1-10-2-6-12(7-3-10)20(18,19)13-8-4-11(5-9-13)14(15,16)17;1-10-2-6-12(7-3-10)18-13-8-4-11(5-9-13)14(15,16)17;1-6-2-4-7(8)5-3-6/h1-8H,9H2;2-9H,1H3;2-9H,1H3;2-5,8H,1H3. The number of alkyl halides is 10. The predicted octanol–water partition coefficient (Wildman–Crippen LogP) is 15.7. The van der Waals surface area contributed by atoms with Crippen LogP contribution in [0.1, 0.15) is 38.9 Å². The molecule has 0 saturated heterocycles. The first-order chi connectivity index (χ1) is 31.2. The van der Waals surface area contributed by atoms with Gasteiger partial charge in [-0.2, -0.15) is 39.5 Å². The van der Waals surface area contributed by atoms with Gasteiger partial charge in [0.05, 0.1) is 36.3 Å². The Hall–Kier alpha value is -5.01. The summed E-state index contributed by atoms with van der Waals surface area (Å²) >= 11 is 8.83. The normalized spacial score (nSPS) is 11.8. The Kier molecular flexibility index (Phi) is 19.0. The summed E-state index contributed by atoms with van der Waals surface area (Å²) in [5.74, 6) is 0. The molecule has 0 atom stereocenters. The van der Waals surface area contributed by atoms with Gasteiger partial charge in [0.25, 0.3) is 0 Å². The molecule has 7 aromatic rings. The van der Waals surface area contributed by atoms with Gasteiger partial charge in [-0.25, -0.2) is 16.8 Å². The summed E-state index contributed by atoms with van der Waals surface area (Å²) in [6, 6.07) is 40.4. The van der Waals surface area contributed by atoms with Gasteiger partial charge >= 0.3 is 18.5 Å². The molecule has 4 nitrogen and oxygen atoms in total. The predicted molar refractivity (Wildman–Crippen MR) is 249 cm³/mol. The lowest BCUT2D eigenvalue weighted by atomic mass is 10.2. The highest BCUT2D eigenvalue weighted by atomic mass is 79.9. The fraction of sp³-hybridized carbons (Fsp3) is 0.143. The van der Waals surface area contributed by atoms with E-state index in [0.717, 1.165) is 92.0 Å². The van der Waals surface area contributed by atoms with E-state index in [2.05, 4.69) is 35.5 Å². The quantitative estimate of drug-likeness (QED) is 0.0979. The van der Waals surface area contributed by atoms with Gasteiger partial charge in [0, 0.05) is 20.0 Å². The summed E-state index contributed by atoms with van der Waals surface area (Å²) < 4.78 is 161. The summed E-state index contributed by atoms with van der Waals surface area (Å²) in [7, 11) is -7.59. The van der Waals surface area contributed by atoms with Crippen molar-refractivity contribution < 1.29 is 56.3 Å². The van der Waals surface area contributed by atoms with Crippen LogP contribution in [0, 0.1) is 20.8 Å². The van der Waals surface area contributed by atoms with E-state index in [4.69, 9.17) is 0 Å². The average molecular weight is 1070 g/mol. The second-order valence-corrected chi connectivity index (χ2v) is 20.5. The molecular formula is C49H40BrF9O4S4. The smallest absolute Gasteiger partial charge is 0.219 e. The Labute approximate surface area is 401 Å². The lowest BCUT2D eigenvalue weighted by molar-refractivity contribution is -0.138. The largest absolute Gasteiger partial charge is 0.416 e. The molecule has 0 saturated carbocycles. The molecule has 0 aliphatic heterocycles. The van der Waals surface area contributed by atoms with E-state index in [1.165, 1.54) is 53.7 Å². The van der Waals surface area contributed by atoms with E-state index in [9.17, 15) is 56.3 Å². The highest BCUT2D eigenvalue weighted by molar-refractivity contribution is 9.08. The Bertz CT molecular complexity index is 2850. The van der Waals surface area contributed by atoms with Crippen molar-refractivity contribution in [3.05, 3.63) is 209 Å². The molecule has 354 valence electrons. The van der Waals surface area contributed by atoms with Crippen LogP contribution < -0.4 is 0 Å². The Morgan fingerprint density at radius 1 is 0.403 bits per heavy atom. The number of benzene rings is 7. The van der Waals surface area contributed by atoms with Crippen LogP contribution in [0.2, 0.25) is 0 Å². The summed E-state index contributed by atoms with van der Waals surface area (Å²) in [5, 5.41) is 0.591. The number of hydrogen-bond donors (Lipinski definition) is 1. The maximum absolute atomic E-state index is 12.5. The van der Waals surface area contributed by atoms with Crippen molar-refractivity contribution in [2.24, 2.45) is 0 Å². The zero-order valence-electron chi connectivity index (χ0n) is 35.5. The molecule has 0 heterocycles. The molecule has 0 bridgehead atoms. The highest BCUT2D eigenvalue weighted by Gasteiger charge is 2.32. The first-order valence-corrected chi connectivity index (χ1v) is 24.8. The molecular weight excluding hydrogens is 1030 g/mol.